The summed E-state index contributed by atoms with van der Waals surface area (Å²) in [6, 6.07) is 17.5. The molecule has 3 N–H and O–H groups in total. The molecule has 0 spiro atoms. The second-order valence-corrected chi connectivity index (χ2v) is 14.3. The van der Waals surface area contributed by atoms with Crippen molar-refractivity contribution < 1.29 is 33.5 Å². The number of carbonyl (C=O) groups is 4. The Morgan fingerprint density at radius 3 is 2.31 bits per heavy atom. The predicted molar refractivity (Wildman–Crippen MR) is 183 cm³/mol. The number of rotatable bonds is 11. The normalized spacial score (nSPS) is 17.7. The number of β-lactam (4-membered cyclic amide) rings is 1. The SMILES string of the molecule is C=CC1=C(C(=O)OC(c2ccccc2)c2ccccc2)N2C(=O)C(NC(=O)/C(=N/OCC(=O)OC(C)(C)C)c3nc(N)sc3Cl)[C@H]2SC1. The van der Waals surface area contributed by atoms with E-state index in [1.54, 1.807) is 20.8 Å². The molecule has 0 aliphatic carbocycles. The zero-order valence-electron chi connectivity index (χ0n) is 26.2. The summed E-state index contributed by atoms with van der Waals surface area (Å²) < 4.78 is 11.3. The van der Waals surface area contributed by atoms with Gasteiger partial charge in [-0.2, -0.15) is 0 Å². The molecule has 1 fully saturated rings. The molecule has 0 radical (unpaired) electrons. The molecule has 2 aliphatic rings. The van der Waals surface area contributed by atoms with E-state index in [9.17, 15) is 19.2 Å². The number of benzene rings is 2. The van der Waals surface area contributed by atoms with Crippen LogP contribution in [0.4, 0.5) is 5.13 Å². The Hall–Kier alpha value is -4.66. The number of nitrogens with one attached hydrogen (secondary N) is 1. The molecule has 250 valence electrons. The monoisotopic (exact) mass is 709 g/mol. The van der Waals surface area contributed by atoms with Crippen molar-refractivity contribution in [3.8, 4) is 0 Å². The molecule has 1 saturated heterocycles. The number of hydrogen-bond acceptors (Lipinski definition) is 12. The molecule has 2 atom stereocenters. The number of allylic oxidation sites excluding steroid dienone is 1. The number of oxime groups is 1. The van der Waals surface area contributed by atoms with Gasteiger partial charge in [0.25, 0.3) is 11.8 Å². The van der Waals surface area contributed by atoms with Crippen LogP contribution < -0.4 is 11.1 Å². The highest BCUT2D eigenvalue weighted by atomic mass is 35.5. The highest BCUT2D eigenvalue weighted by Crippen LogP contribution is 2.42. The minimum absolute atomic E-state index is 0.0471. The molecule has 2 amide bonds. The van der Waals surface area contributed by atoms with E-state index in [-0.39, 0.29) is 20.9 Å². The Morgan fingerprint density at radius 2 is 1.77 bits per heavy atom. The van der Waals surface area contributed by atoms with Crippen molar-refractivity contribution in [2.45, 2.75) is 43.9 Å². The topological polar surface area (TPSA) is 163 Å². The molecule has 5 rings (SSSR count). The van der Waals surface area contributed by atoms with Crippen LogP contribution in [0.3, 0.4) is 0 Å². The van der Waals surface area contributed by atoms with Gasteiger partial charge in [0.1, 0.15) is 32.7 Å². The highest BCUT2D eigenvalue weighted by Gasteiger charge is 2.54. The zero-order valence-corrected chi connectivity index (χ0v) is 28.6. The van der Waals surface area contributed by atoms with Gasteiger partial charge in [0.05, 0.1) is 0 Å². The third-order valence-electron chi connectivity index (χ3n) is 6.95. The Morgan fingerprint density at radius 1 is 1.15 bits per heavy atom. The predicted octanol–water partition coefficient (Wildman–Crippen LogP) is 4.61. The summed E-state index contributed by atoms with van der Waals surface area (Å²) >= 11 is 8.52. The van der Waals surface area contributed by atoms with Gasteiger partial charge in [-0.3, -0.25) is 14.5 Å². The standard InChI is InChI=1S/C33H32ClN5O7S2/c1-5-18-17-47-30-24(36-28(41)23(22-27(34)48-32(35)37-22)38-44-16-21(40)46-33(2,3)4)29(42)39(30)25(18)31(43)45-26(19-12-8-6-9-13-19)20-14-10-7-11-15-20/h5-15,24,26,30H,1,16-17H2,2-4H3,(H2,35,37)(H,36,41)/b38-23+/t24?,30-/m1/s1. The summed E-state index contributed by atoms with van der Waals surface area (Å²) in [5, 5.41) is 5.87. The van der Waals surface area contributed by atoms with Gasteiger partial charge in [-0.25, -0.2) is 14.6 Å². The molecule has 0 saturated carbocycles. The summed E-state index contributed by atoms with van der Waals surface area (Å²) in [5.41, 5.74) is 6.60. The van der Waals surface area contributed by atoms with Crippen molar-refractivity contribution >= 4 is 69.3 Å². The van der Waals surface area contributed by atoms with E-state index in [4.69, 9.17) is 31.6 Å². The number of halogens is 1. The van der Waals surface area contributed by atoms with Gasteiger partial charge in [-0.15, -0.1) is 11.8 Å². The van der Waals surface area contributed by atoms with Gasteiger partial charge in [-0.05, 0) is 37.5 Å². The fraction of sp³-hybridized carbons (Fsp3) is 0.273. The second-order valence-electron chi connectivity index (χ2n) is 11.5. The Bertz CT molecular complexity index is 1750. The molecule has 48 heavy (non-hydrogen) atoms. The lowest BCUT2D eigenvalue weighted by Crippen LogP contribution is -2.71. The molecule has 3 aromatic rings. The maximum absolute atomic E-state index is 13.9. The molecular formula is C33H32ClN5O7S2. The maximum atomic E-state index is 13.9. The highest BCUT2D eigenvalue weighted by molar-refractivity contribution is 8.00. The minimum Gasteiger partial charge on any atom is -0.457 e. The number of thioether (sulfide) groups is 1. The van der Waals surface area contributed by atoms with Crippen molar-refractivity contribution in [2.75, 3.05) is 18.1 Å². The average molecular weight is 710 g/mol. The van der Waals surface area contributed by atoms with Crippen molar-refractivity contribution in [2.24, 2.45) is 5.16 Å². The molecule has 0 bridgehead atoms. The van der Waals surface area contributed by atoms with Crippen LogP contribution in [-0.4, -0.2) is 68.7 Å². The van der Waals surface area contributed by atoms with Crippen molar-refractivity contribution in [1.29, 1.82) is 0 Å². The average Bonchev–Trinajstić information content (AvgIpc) is 3.40. The van der Waals surface area contributed by atoms with E-state index >= 15 is 0 Å². The number of carbonyl (C=O) groups excluding carboxylic acids is 4. The van der Waals surface area contributed by atoms with Crippen LogP contribution in [0.15, 0.2) is 89.7 Å². The Labute approximate surface area is 289 Å². The lowest BCUT2D eigenvalue weighted by Gasteiger charge is -2.49. The summed E-state index contributed by atoms with van der Waals surface area (Å²) in [6.07, 6.45) is 0.772. The first-order chi connectivity index (χ1) is 22.9. The number of nitrogens with zero attached hydrogens (tertiary/aromatic N) is 3. The Balaban J connectivity index is 1.35. The first-order valence-corrected chi connectivity index (χ1v) is 16.9. The summed E-state index contributed by atoms with van der Waals surface area (Å²) in [5.74, 6) is -2.52. The number of nitrogen functional groups attached to an aromatic ring is 1. The van der Waals surface area contributed by atoms with Crippen molar-refractivity contribution in [1.82, 2.24) is 15.2 Å². The number of hydrogen-bond donors (Lipinski definition) is 2. The smallest absolute Gasteiger partial charge is 0.356 e. The fourth-order valence-corrected chi connectivity index (χ4v) is 7.19. The van der Waals surface area contributed by atoms with Crippen LogP contribution in [0.2, 0.25) is 4.34 Å². The van der Waals surface area contributed by atoms with Gasteiger partial charge < -0.3 is 25.4 Å². The van der Waals surface area contributed by atoms with E-state index < -0.39 is 59.2 Å². The lowest BCUT2D eigenvalue weighted by atomic mass is 10.0. The number of aromatic nitrogens is 1. The molecule has 3 heterocycles. The number of ether oxygens (including phenoxy) is 2. The molecular weight excluding hydrogens is 678 g/mol. The molecule has 1 unspecified atom stereocenters. The number of amides is 2. The molecule has 12 nitrogen and oxygen atoms in total. The van der Waals surface area contributed by atoms with Crippen LogP contribution in [-0.2, 0) is 33.5 Å². The summed E-state index contributed by atoms with van der Waals surface area (Å²) in [4.78, 5) is 63.7. The van der Waals surface area contributed by atoms with Crippen LogP contribution >= 0.6 is 34.7 Å². The largest absolute Gasteiger partial charge is 0.457 e. The van der Waals surface area contributed by atoms with E-state index in [1.165, 1.54) is 22.7 Å². The number of thiazole rings is 1. The van der Waals surface area contributed by atoms with E-state index in [0.29, 0.717) is 11.3 Å². The summed E-state index contributed by atoms with van der Waals surface area (Å²) in [7, 11) is 0. The van der Waals surface area contributed by atoms with Gasteiger partial charge in [-0.1, -0.05) is 101 Å². The van der Waals surface area contributed by atoms with E-state index in [0.717, 1.165) is 22.5 Å². The van der Waals surface area contributed by atoms with Gasteiger partial charge >= 0.3 is 11.9 Å². The number of nitrogens with two attached hydrogens (primary N) is 1. The molecule has 1 aromatic heterocycles. The molecule has 15 heteroatoms. The number of fused-ring (bicyclic) bond motifs is 1. The minimum atomic E-state index is -1.05. The number of esters is 2. The van der Waals surface area contributed by atoms with Gasteiger partial charge in [0.15, 0.2) is 16.9 Å². The zero-order chi connectivity index (χ0) is 34.6. The van der Waals surface area contributed by atoms with Crippen LogP contribution in [0.5, 0.6) is 0 Å². The third kappa shape index (κ3) is 7.72. The van der Waals surface area contributed by atoms with Crippen molar-refractivity contribution in [3.63, 3.8) is 0 Å². The lowest BCUT2D eigenvalue weighted by molar-refractivity contribution is -0.160. The third-order valence-corrected chi connectivity index (χ3v) is 9.34. The molecule has 2 aliphatic heterocycles. The fourth-order valence-electron chi connectivity index (χ4n) is 4.92. The van der Waals surface area contributed by atoms with Crippen LogP contribution in [0, 0.1) is 0 Å². The molecule has 2 aromatic carbocycles. The van der Waals surface area contributed by atoms with E-state index in [2.05, 4.69) is 22.0 Å². The van der Waals surface area contributed by atoms with Gasteiger partial charge in [0, 0.05) is 5.75 Å². The first kappa shape index (κ1) is 34.7. The van der Waals surface area contributed by atoms with Gasteiger partial charge in [0.2, 0.25) is 6.61 Å². The number of anilines is 1. The summed E-state index contributed by atoms with van der Waals surface area (Å²) in [6.45, 7) is 8.31. The first-order valence-electron chi connectivity index (χ1n) is 14.6. The Kier molecular flexibility index (Phi) is 10.6. The second kappa shape index (κ2) is 14.6. The maximum Gasteiger partial charge on any atom is 0.356 e. The van der Waals surface area contributed by atoms with Crippen LogP contribution in [0.1, 0.15) is 43.7 Å². The quantitative estimate of drug-likeness (QED) is 0.124. The van der Waals surface area contributed by atoms with E-state index in [1.807, 2.05) is 60.7 Å². The van der Waals surface area contributed by atoms with Crippen LogP contribution in [0.25, 0.3) is 0 Å². The van der Waals surface area contributed by atoms with Crippen molar-refractivity contribution in [3.05, 3.63) is 106 Å².